The number of carbonyl (C=O) groups is 1. The number of phenols is 1. The first kappa shape index (κ1) is 11.4. The summed E-state index contributed by atoms with van der Waals surface area (Å²) in [4.78, 5) is 10.3. The van der Waals surface area contributed by atoms with Crippen LogP contribution in [0.5, 0.6) is 11.5 Å². The van der Waals surface area contributed by atoms with Gasteiger partial charge < -0.3 is 14.9 Å². The molecule has 0 aliphatic heterocycles. The minimum Gasteiger partial charge on any atom is -0.504 e. The average molecular weight is 210 g/mol. The van der Waals surface area contributed by atoms with Crippen molar-refractivity contribution < 1.29 is 19.7 Å². The summed E-state index contributed by atoms with van der Waals surface area (Å²) in [7, 11) is 0. The van der Waals surface area contributed by atoms with Gasteiger partial charge in [0.25, 0.3) is 0 Å². The number of aromatic hydroxyl groups is 1. The van der Waals surface area contributed by atoms with Gasteiger partial charge in [0.05, 0.1) is 0 Å². The van der Waals surface area contributed by atoms with Crippen LogP contribution in [0.1, 0.15) is 24.5 Å². The van der Waals surface area contributed by atoms with Gasteiger partial charge in [-0.3, -0.25) is 0 Å². The quantitative estimate of drug-likeness (QED) is 0.594. The monoisotopic (exact) mass is 210 g/mol. The molecule has 1 rings (SSSR count). The lowest BCUT2D eigenvalue weighted by atomic mass is 10.0. The normalized spacial score (nSPS) is 10.0. The molecule has 0 aliphatic carbocycles. The van der Waals surface area contributed by atoms with E-state index < -0.39 is 6.16 Å². The Morgan fingerprint density at radius 1 is 1.47 bits per heavy atom. The highest BCUT2D eigenvalue weighted by molar-refractivity contribution is 5.63. The van der Waals surface area contributed by atoms with Crippen molar-refractivity contribution in [1.82, 2.24) is 0 Å². The molecule has 0 fully saturated rings. The molecule has 0 unspecified atom stereocenters. The van der Waals surface area contributed by atoms with Crippen LogP contribution in [0.2, 0.25) is 0 Å². The number of phenolic OH excluding ortho intramolecular Hbond substituents is 1. The predicted molar refractivity (Wildman–Crippen MR) is 55.5 cm³/mol. The van der Waals surface area contributed by atoms with Crippen molar-refractivity contribution in [3.05, 3.63) is 23.3 Å². The first-order valence-corrected chi connectivity index (χ1v) is 4.77. The maximum atomic E-state index is 10.3. The van der Waals surface area contributed by atoms with Crippen LogP contribution < -0.4 is 4.74 Å². The number of rotatable bonds is 3. The van der Waals surface area contributed by atoms with Crippen molar-refractivity contribution in [1.29, 1.82) is 0 Å². The van der Waals surface area contributed by atoms with Gasteiger partial charge in [0, 0.05) is 0 Å². The van der Waals surface area contributed by atoms with Gasteiger partial charge in [-0.15, -0.1) is 0 Å². The van der Waals surface area contributed by atoms with E-state index in [4.69, 9.17) is 5.11 Å². The SMILES string of the molecule is CCCc1cc(O)c(OC(=O)O)cc1C. The molecule has 0 saturated carbocycles. The summed E-state index contributed by atoms with van der Waals surface area (Å²) >= 11 is 0. The molecule has 0 aromatic heterocycles. The molecular weight excluding hydrogens is 196 g/mol. The third kappa shape index (κ3) is 2.87. The Labute approximate surface area is 88.1 Å². The fourth-order valence-electron chi connectivity index (χ4n) is 1.43. The third-order valence-corrected chi connectivity index (χ3v) is 2.13. The summed E-state index contributed by atoms with van der Waals surface area (Å²) in [5.41, 5.74) is 1.93. The Morgan fingerprint density at radius 3 is 2.67 bits per heavy atom. The minimum atomic E-state index is -1.42. The fraction of sp³-hybridized carbons (Fsp3) is 0.364. The van der Waals surface area contributed by atoms with E-state index in [1.165, 1.54) is 6.07 Å². The summed E-state index contributed by atoms with van der Waals surface area (Å²) in [5, 5.41) is 17.9. The fourth-order valence-corrected chi connectivity index (χ4v) is 1.43. The van der Waals surface area contributed by atoms with Crippen molar-refractivity contribution >= 4 is 6.16 Å². The lowest BCUT2D eigenvalue weighted by molar-refractivity contribution is 0.143. The molecular formula is C11H14O4. The van der Waals surface area contributed by atoms with E-state index in [1.807, 2.05) is 13.8 Å². The summed E-state index contributed by atoms with van der Waals surface area (Å²) in [5.74, 6) is -0.147. The first-order chi connectivity index (χ1) is 7.04. The average Bonchev–Trinajstić information content (AvgIpc) is 2.13. The van der Waals surface area contributed by atoms with Crippen LogP contribution in [0.25, 0.3) is 0 Å². The smallest absolute Gasteiger partial charge is 0.504 e. The second-order valence-electron chi connectivity index (χ2n) is 3.36. The zero-order chi connectivity index (χ0) is 11.4. The second-order valence-corrected chi connectivity index (χ2v) is 3.36. The Hall–Kier alpha value is -1.71. The van der Waals surface area contributed by atoms with E-state index in [0.29, 0.717) is 0 Å². The second kappa shape index (κ2) is 4.68. The highest BCUT2D eigenvalue weighted by atomic mass is 16.7. The lowest BCUT2D eigenvalue weighted by Crippen LogP contribution is -2.04. The van der Waals surface area contributed by atoms with Crippen LogP contribution in [0.3, 0.4) is 0 Å². The molecule has 1 aromatic carbocycles. The third-order valence-electron chi connectivity index (χ3n) is 2.13. The van der Waals surface area contributed by atoms with Crippen LogP contribution in [-0.4, -0.2) is 16.4 Å². The van der Waals surface area contributed by atoms with Gasteiger partial charge in [0.15, 0.2) is 11.5 Å². The summed E-state index contributed by atoms with van der Waals surface area (Å²) < 4.78 is 4.43. The number of aryl methyl sites for hydroxylation is 2. The zero-order valence-corrected chi connectivity index (χ0v) is 8.78. The van der Waals surface area contributed by atoms with Gasteiger partial charge >= 0.3 is 6.16 Å². The van der Waals surface area contributed by atoms with Gasteiger partial charge in [-0.2, -0.15) is 0 Å². The molecule has 4 heteroatoms. The Morgan fingerprint density at radius 2 is 2.13 bits per heavy atom. The number of ether oxygens (including phenoxy) is 1. The number of hydrogen-bond donors (Lipinski definition) is 2. The van der Waals surface area contributed by atoms with Gasteiger partial charge in [0.1, 0.15) is 0 Å². The van der Waals surface area contributed by atoms with Crippen molar-refractivity contribution in [2.45, 2.75) is 26.7 Å². The van der Waals surface area contributed by atoms with E-state index in [0.717, 1.165) is 24.0 Å². The molecule has 1 aromatic rings. The topological polar surface area (TPSA) is 66.8 Å². The number of benzene rings is 1. The first-order valence-electron chi connectivity index (χ1n) is 4.77. The van der Waals surface area contributed by atoms with Gasteiger partial charge in [-0.1, -0.05) is 13.3 Å². The molecule has 2 N–H and O–H groups in total. The van der Waals surface area contributed by atoms with Crippen molar-refractivity contribution in [2.75, 3.05) is 0 Å². The molecule has 0 radical (unpaired) electrons. The Balaban J connectivity index is 3.02. The summed E-state index contributed by atoms with van der Waals surface area (Å²) in [6, 6.07) is 3.09. The maximum absolute atomic E-state index is 10.3. The van der Waals surface area contributed by atoms with E-state index in [9.17, 15) is 9.90 Å². The van der Waals surface area contributed by atoms with Gasteiger partial charge in [-0.25, -0.2) is 4.79 Å². The highest BCUT2D eigenvalue weighted by Gasteiger charge is 2.10. The molecule has 0 atom stereocenters. The predicted octanol–water partition coefficient (Wildman–Crippen LogP) is 2.71. The van der Waals surface area contributed by atoms with Crippen LogP contribution in [0.15, 0.2) is 12.1 Å². The van der Waals surface area contributed by atoms with Crippen molar-refractivity contribution in [3.63, 3.8) is 0 Å². The van der Waals surface area contributed by atoms with E-state index >= 15 is 0 Å². The van der Waals surface area contributed by atoms with E-state index in [1.54, 1.807) is 6.07 Å². The summed E-state index contributed by atoms with van der Waals surface area (Å²) in [6.45, 7) is 3.90. The molecule has 0 saturated heterocycles. The molecule has 0 bridgehead atoms. The molecule has 0 spiro atoms. The molecule has 0 amide bonds. The van der Waals surface area contributed by atoms with Crippen LogP contribution in [-0.2, 0) is 6.42 Å². The largest absolute Gasteiger partial charge is 0.511 e. The van der Waals surface area contributed by atoms with Crippen molar-refractivity contribution in [2.24, 2.45) is 0 Å². The maximum Gasteiger partial charge on any atom is 0.511 e. The van der Waals surface area contributed by atoms with Crippen LogP contribution in [0.4, 0.5) is 4.79 Å². The lowest BCUT2D eigenvalue weighted by Gasteiger charge is -2.08. The molecule has 15 heavy (non-hydrogen) atoms. The van der Waals surface area contributed by atoms with Crippen LogP contribution in [0, 0.1) is 6.92 Å². The van der Waals surface area contributed by atoms with Gasteiger partial charge in [-0.05, 0) is 36.6 Å². The van der Waals surface area contributed by atoms with E-state index in [2.05, 4.69) is 4.74 Å². The Bertz CT molecular complexity index is 371. The highest BCUT2D eigenvalue weighted by Crippen LogP contribution is 2.30. The van der Waals surface area contributed by atoms with Gasteiger partial charge in [0.2, 0.25) is 0 Å². The number of hydrogen-bond acceptors (Lipinski definition) is 3. The number of carboxylic acid groups (broad SMARTS) is 1. The van der Waals surface area contributed by atoms with E-state index in [-0.39, 0.29) is 11.5 Å². The minimum absolute atomic E-state index is 0.0140. The molecule has 0 heterocycles. The zero-order valence-electron chi connectivity index (χ0n) is 8.78. The summed E-state index contributed by atoms with van der Waals surface area (Å²) in [6.07, 6.45) is 0.402. The Kier molecular flexibility index (Phi) is 3.55. The van der Waals surface area contributed by atoms with Crippen molar-refractivity contribution in [3.8, 4) is 11.5 Å². The molecule has 4 nitrogen and oxygen atoms in total. The molecule has 0 aliphatic rings. The standard InChI is InChI=1S/C11H14O4/c1-3-4-8-6-9(12)10(5-7(8)2)15-11(13)14/h5-6,12H,3-4H2,1-2H3,(H,13,14). The van der Waals surface area contributed by atoms with Crippen LogP contribution >= 0.6 is 0 Å². The molecule has 82 valence electrons.